The highest BCUT2D eigenvalue weighted by atomic mass is 79.9. The zero-order valence-electron chi connectivity index (χ0n) is 13.9. The molecule has 0 atom stereocenters. The monoisotopic (exact) mass is 384 g/mol. The van der Waals surface area contributed by atoms with E-state index >= 15 is 0 Å². The molecule has 128 valence electrons. The number of carbonyl (C=O) groups is 1. The van der Waals surface area contributed by atoms with E-state index in [0.29, 0.717) is 25.3 Å². The van der Waals surface area contributed by atoms with Gasteiger partial charge in [0.2, 0.25) is 0 Å². The number of hydrogen-bond donors (Lipinski definition) is 3. The highest BCUT2D eigenvalue weighted by Crippen LogP contribution is 2.20. The molecule has 1 aromatic carbocycles. The van der Waals surface area contributed by atoms with Crippen LogP contribution in [-0.2, 0) is 4.74 Å². The van der Waals surface area contributed by atoms with Gasteiger partial charge in [0.15, 0.2) is 0 Å². The fraction of sp³-hybridized carbons (Fsp3) is 0.500. The van der Waals surface area contributed by atoms with Gasteiger partial charge in [-0.15, -0.1) is 0 Å². The van der Waals surface area contributed by atoms with Gasteiger partial charge in [-0.3, -0.25) is 4.99 Å². The van der Waals surface area contributed by atoms with Crippen molar-refractivity contribution in [1.82, 2.24) is 10.6 Å². The van der Waals surface area contributed by atoms with Crippen LogP contribution < -0.4 is 16.4 Å². The van der Waals surface area contributed by atoms with E-state index in [4.69, 9.17) is 10.5 Å². The second-order valence-corrected chi connectivity index (χ2v) is 6.81. The topological polar surface area (TPSA) is 88.7 Å². The predicted molar refractivity (Wildman–Crippen MR) is 98.1 cm³/mol. The van der Waals surface area contributed by atoms with Crippen molar-refractivity contribution in [2.75, 3.05) is 31.9 Å². The van der Waals surface area contributed by atoms with E-state index in [2.05, 4.69) is 31.6 Å². The van der Waals surface area contributed by atoms with Gasteiger partial charge in [-0.1, -0.05) is 22.0 Å². The second-order valence-electron chi connectivity index (χ2n) is 5.96. The smallest absolute Gasteiger partial charge is 0.407 e. The number of anilines is 1. The average Bonchev–Trinajstić information content (AvgIpc) is 2.42. The number of amides is 1. The quantitative estimate of drug-likeness (QED) is 0.382. The SMILES string of the molecule is CC(C)(C)OC(=O)NCCNCCN=Cc1c(N)cccc1Br. The zero-order valence-corrected chi connectivity index (χ0v) is 15.4. The molecule has 1 amide bonds. The van der Waals surface area contributed by atoms with Crippen LogP contribution in [0.3, 0.4) is 0 Å². The fourth-order valence-electron chi connectivity index (χ4n) is 1.68. The van der Waals surface area contributed by atoms with E-state index in [-0.39, 0.29) is 0 Å². The third kappa shape index (κ3) is 8.56. The summed E-state index contributed by atoms with van der Waals surface area (Å²) in [5, 5.41) is 5.88. The first kappa shape index (κ1) is 19.4. The van der Waals surface area contributed by atoms with Gasteiger partial charge in [0, 0.05) is 41.6 Å². The fourth-order valence-corrected chi connectivity index (χ4v) is 2.17. The van der Waals surface area contributed by atoms with Crippen LogP contribution in [-0.4, -0.2) is 44.1 Å². The van der Waals surface area contributed by atoms with Crippen LogP contribution >= 0.6 is 15.9 Å². The van der Waals surface area contributed by atoms with Gasteiger partial charge in [-0.2, -0.15) is 0 Å². The molecule has 0 spiro atoms. The Hall–Kier alpha value is -1.60. The molecule has 6 nitrogen and oxygen atoms in total. The van der Waals surface area contributed by atoms with Gasteiger partial charge in [-0.25, -0.2) is 4.79 Å². The molecule has 7 heteroatoms. The first-order valence-corrected chi connectivity index (χ1v) is 8.30. The molecule has 23 heavy (non-hydrogen) atoms. The molecule has 0 aromatic heterocycles. The summed E-state index contributed by atoms with van der Waals surface area (Å²) in [6, 6.07) is 5.65. The number of nitrogens with one attached hydrogen (secondary N) is 2. The number of nitrogens with two attached hydrogens (primary N) is 1. The van der Waals surface area contributed by atoms with Crippen LogP contribution in [0.15, 0.2) is 27.7 Å². The summed E-state index contributed by atoms with van der Waals surface area (Å²) < 4.78 is 6.06. The van der Waals surface area contributed by atoms with Crippen molar-refractivity contribution in [2.24, 2.45) is 4.99 Å². The summed E-state index contributed by atoms with van der Waals surface area (Å²) >= 11 is 3.45. The lowest BCUT2D eigenvalue weighted by atomic mass is 10.2. The Morgan fingerprint density at radius 2 is 2.09 bits per heavy atom. The normalized spacial score (nSPS) is 11.7. The predicted octanol–water partition coefficient (Wildman–Crippen LogP) is 2.56. The van der Waals surface area contributed by atoms with Crippen LogP contribution in [0.1, 0.15) is 26.3 Å². The van der Waals surface area contributed by atoms with Crippen molar-refractivity contribution in [1.29, 1.82) is 0 Å². The van der Waals surface area contributed by atoms with E-state index < -0.39 is 11.7 Å². The van der Waals surface area contributed by atoms with E-state index in [1.165, 1.54) is 0 Å². The summed E-state index contributed by atoms with van der Waals surface area (Å²) in [5.41, 5.74) is 6.99. The Kier molecular flexibility index (Phi) is 8.05. The van der Waals surface area contributed by atoms with Crippen molar-refractivity contribution >= 4 is 33.9 Å². The van der Waals surface area contributed by atoms with Crippen molar-refractivity contribution in [3.05, 3.63) is 28.2 Å². The molecule has 4 N–H and O–H groups in total. The Morgan fingerprint density at radius 3 is 2.74 bits per heavy atom. The third-order valence-electron chi connectivity index (χ3n) is 2.69. The van der Waals surface area contributed by atoms with Crippen LogP contribution in [0.25, 0.3) is 0 Å². The number of alkyl carbamates (subject to hydrolysis) is 1. The van der Waals surface area contributed by atoms with Crippen LogP contribution in [0.5, 0.6) is 0 Å². The minimum absolute atomic E-state index is 0.401. The maximum Gasteiger partial charge on any atom is 0.407 e. The molecular formula is C16H25BrN4O2. The molecule has 0 aliphatic carbocycles. The van der Waals surface area contributed by atoms with Crippen LogP contribution in [0, 0.1) is 0 Å². The summed E-state index contributed by atoms with van der Waals surface area (Å²) in [6.45, 7) is 8.02. The van der Waals surface area contributed by atoms with Crippen molar-refractivity contribution < 1.29 is 9.53 Å². The maximum atomic E-state index is 11.4. The van der Waals surface area contributed by atoms with Gasteiger partial charge < -0.3 is 21.1 Å². The molecule has 0 unspecified atom stereocenters. The Balaban J connectivity index is 2.14. The number of carbonyl (C=O) groups excluding carboxylic acids is 1. The zero-order chi connectivity index (χ0) is 17.3. The van der Waals surface area contributed by atoms with Gasteiger partial charge in [-0.05, 0) is 32.9 Å². The van der Waals surface area contributed by atoms with Crippen molar-refractivity contribution in [2.45, 2.75) is 26.4 Å². The summed E-state index contributed by atoms with van der Waals surface area (Å²) in [7, 11) is 0. The van der Waals surface area contributed by atoms with E-state index in [1.807, 2.05) is 39.0 Å². The van der Waals surface area contributed by atoms with Crippen LogP contribution in [0.4, 0.5) is 10.5 Å². The molecule has 0 saturated heterocycles. The van der Waals surface area contributed by atoms with E-state index in [1.54, 1.807) is 6.21 Å². The molecular weight excluding hydrogens is 360 g/mol. The number of aliphatic imine (C=N–C) groups is 1. The molecule has 1 aromatic rings. The highest BCUT2D eigenvalue weighted by Gasteiger charge is 2.15. The molecule has 0 heterocycles. The maximum absolute atomic E-state index is 11.4. The van der Waals surface area contributed by atoms with Gasteiger partial charge >= 0.3 is 6.09 Å². The number of benzene rings is 1. The summed E-state index contributed by atoms with van der Waals surface area (Å²) in [5.74, 6) is 0. The summed E-state index contributed by atoms with van der Waals surface area (Å²) in [4.78, 5) is 15.7. The lowest BCUT2D eigenvalue weighted by Crippen LogP contribution is -2.36. The molecule has 0 saturated carbocycles. The largest absolute Gasteiger partial charge is 0.444 e. The minimum atomic E-state index is -0.472. The average molecular weight is 385 g/mol. The van der Waals surface area contributed by atoms with Gasteiger partial charge in [0.25, 0.3) is 0 Å². The number of nitrogen functional groups attached to an aromatic ring is 1. The number of rotatable bonds is 7. The molecule has 1 rings (SSSR count). The Labute approximate surface area is 146 Å². The molecule has 0 radical (unpaired) electrons. The van der Waals surface area contributed by atoms with Gasteiger partial charge in [0.05, 0.1) is 6.54 Å². The van der Waals surface area contributed by atoms with E-state index in [0.717, 1.165) is 16.6 Å². The van der Waals surface area contributed by atoms with Crippen molar-refractivity contribution in [3.63, 3.8) is 0 Å². The Morgan fingerprint density at radius 1 is 1.35 bits per heavy atom. The molecule has 0 aliphatic heterocycles. The molecule has 0 bridgehead atoms. The number of ether oxygens (including phenoxy) is 1. The number of hydrogen-bond acceptors (Lipinski definition) is 5. The van der Waals surface area contributed by atoms with Crippen molar-refractivity contribution in [3.8, 4) is 0 Å². The van der Waals surface area contributed by atoms with E-state index in [9.17, 15) is 4.79 Å². The van der Waals surface area contributed by atoms with Gasteiger partial charge in [0.1, 0.15) is 5.60 Å². The first-order chi connectivity index (χ1) is 10.8. The first-order valence-electron chi connectivity index (χ1n) is 7.51. The summed E-state index contributed by atoms with van der Waals surface area (Å²) in [6.07, 6.45) is 1.36. The molecule has 0 aliphatic rings. The number of halogens is 1. The second kappa shape index (κ2) is 9.52. The minimum Gasteiger partial charge on any atom is -0.444 e. The lowest BCUT2D eigenvalue weighted by molar-refractivity contribution is 0.0528. The lowest BCUT2D eigenvalue weighted by Gasteiger charge is -2.19. The van der Waals surface area contributed by atoms with Crippen LogP contribution in [0.2, 0.25) is 0 Å². The highest BCUT2D eigenvalue weighted by molar-refractivity contribution is 9.10. The number of nitrogens with zero attached hydrogens (tertiary/aromatic N) is 1. The standard InChI is InChI=1S/C16H25BrN4O2/c1-16(2,3)23-15(22)21-10-9-19-7-8-20-11-12-13(17)5-4-6-14(12)18/h4-6,11,19H,7-10,18H2,1-3H3,(H,21,22). The molecule has 0 fully saturated rings. The Bertz CT molecular complexity index is 521. The third-order valence-corrected chi connectivity index (χ3v) is 3.39.